The Labute approximate surface area is 199 Å². The van der Waals surface area contributed by atoms with Gasteiger partial charge in [-0.1, -0.05) is 74.3 Å². The van der Waals surface area contributed by atoms with Crippen LogP contribution in [0.15, 0.2) is 66.8 Å². The van der Waals surface area contributed by atoms with E-state index in [1.807, 2.05) is 24.3 Å². The molecule has 5 nitrogen and oxygen atoms in total. The summed E-state index contributed by atoms with van der Waals surface area (Å²) in [7, 11) is 1.37. The Morgan fingerprint density at radius 2 is 1.64 bits per heavy atom. The predicted octanol–water partition coefficient (Wildman–Crippen LogP) is 6.30. The van der Waals surface area contributed by atoms with E-state index in [2.05, 4.69) is 23.0 Å². The molecule has 0 aliphatic heterocycles. The average molecular weight is 456 g/mol. The largest absolute Gasteiger partial charge is 0.469 e. The van der Waals surface area contributed by atoms with Crippen LogP contribution in [0.3, 0.4) is 0 Å². The fourth-order valence-corrected chi connectivity index (χ4v) is 3.28. The van der Waals surface area contributed by atoms with Gasteiger partial charge in [-0.25, -0.2) is 4.79 Å². The number of rotatable bonds is 18. The highest BCUT2D eigenvalue weighted by molar-refractivity contribution is 5.89. The van der Waals surface area contributed by atoms with Crippen molar-refractivity contribution in [2.75, 3.05) is 13.7 Å². The fourth-order valence-electron chi connectivity index (χ4n) is 3.28. The van der Waals surface area contributed by atoms with Gasteiger partial charge in [0.15, 0.2) is 0 Å². The Bertz CT molecular complexity index is 725. The van der Waals surface area contributed by atoms with E-state index in [1.165, 1.54) is 39.2 Å². The number of hydrogen-bond donors (Lipinski definition) is 1. The zero-order chi connectivity index (χ0) is 24.0. The standard InChI is InChI=1S/C28H41NO4/c1-32-27(30)23-18-22-26(33-28(31)25-19-14-13-15-20-25)21-16-11-9-7-5-3-2-4-6-8-10-12-17-24-29/h3,5,9,11,13-16,19-21,26H,2,4,6-8,10,12,17-18,22-24,29H2,1H3/b5-3-,11-9-,21-16+/t26-/m1/s1. The van der Waals surface area contributed by atoms with Gasteiger partial charge in [-0.2, -0.15) is 0 Å². The van der Waals surface area contributed by atoms with Gasteiger partial charge >= 0.3 is 11.9 Å². The van der Waals surface area contributed by atoms with Crippen molar-refractivity contribution >= 4 is 11.9 Å². The van der Waals surface area contributed by atoms with Crippen molar-refractivity contribution in [2.24, 2.45) is 5.73 Å². The van der Waals surface area contributed by atoms with Crippen molar-refractivity contribution in [1.82, 2.24) is 0 Å². The maximum Gasteiger partial charge on any atom is 0.338 e. The van der Waals surface area contributed by atoms with Crippen LogP contribution < -0.4 is 5.73 Å². The van der Waals surface area contributed by atoms with Crippen LogP contribution in [0.5, 0.6) is 0 Å². The van der Waals surface area contributed by atoms with Gasteiger partial charge in [-0.15, -0.1) is 0 Å². The third-order valence-electron chi connectivity index (χ3n) is 5.20. The molecule has 2 N–H and O–H groups in total. The molecule has 0 fully saturated rings. The number of nitrogens with two attached hydrogens (primary N) is 1. The maximum atomic E-state index is 12.4. The lowest BCUT2D eigenvalue weighted by molar-refractivity contribution is -0.140. The second-order valence-corrected chi connectivity index (χ2v) is 8.00. The Kier molecular flexibility index (Phi) is 17.2. The summed E-state index contributed by atoms with van der Waals surface area (Å²) in [5.74, 6) is -0.625. The molecule has 1 rings (SSSR count). The molecule has 0 radical (unpaired) electrons. The van der Waals surface area contributed by atoms with Gasteiger partial charge in [0.25, 0.3) is 0 Å². The van der Waals surface area contributed by atoms with E-state index in [1.54, 1.807) is 24.3 Å². The third kappa shape index (κ3) is 15.7. The lowest BCUT2D eigenvalue weighted by Crippen LogP contribution is -2.17. The van der Waals surface area contributed by atoms with E-state index < -0.39 is 6.10 Å². The lowest BCUT2D eigenvalue weighted by atomic mass is 10.1. The first-order valence-corrected chi connectivity index (χ1v) is 12.2. The molecule has 0 aliphatic rings. The molecule has 0 heterocycles. The first kappa shape index (κ1) is 28.4. The summed E-state index contributed by atoms with van der Waals surface area (Å²) >= 11 is 0. The van der Waals surface area contributed by atoms with E-state index in [4.69, 9.17) is 10.5 Å². The number of unbranched alkanes of at least 4 members (excludes halogenated alkanes) is 6. The summed E-state index contributed by atoms with van der Waals surface area (Å²) in [4.78, 5) is 23.7. The fraction of sp³-hybridized carbons (Fsp3) is 0.500. The average Bonchev–Trinajstić information content (AvgIpc) is 2.84. The normalized spacial score (nSPS) is 12.5. The van der Waals surface area contributed by atoms with Gasteiger partial charge in [0.2, 0.25) is 0 Å². The highest BCUT2D eigenvalue weighted by atomic mass is 16.5. The van der Waals surface area contributed by atoms with Crippen molar-refractivity contribution in [3.05, 3.63) is 72.4 Å². The molecule has 5 heteroatoms. The van der Waals surface area contributed by atoms with Gasteiger partial charge < -0.3 is 15.2 Å². The molecule has 1 aromatic rings. The van der Waals surface area contributed by atoms with Gasteiger partial charge in [0, 0.05) is 6.42 Å². The van der Waals surface area contributed by atoms with E-state index in [0.29, 0.717) is 24.8 Å². The highest BCUT2D eigenvalue weighted by Crippen LogP contribution is 2.12. The Balaban J connectivity index is 2.36. The number of benzene rings is 1. The molecule has 1 aromatic carbocycles. The lowest BCUT2D eigenvalue weighted by Gasteiger charge is -2.14. The van der Waals surface area contributed by atoms with Crippen LogP contribution in [0.4, 0.5) is 0 Å². The SMILES string of the molecule is COC(=O)CCC[C@@H](/C=C/C=C\C/C=C\CCCCCCCCN)OC(=O)c1ccccc1. The molecule has 0 aromatic heterocycles. The number of carbonyl (C=O) groups excluding carboxylic acids is 2. The Morgan fingerprint density at radius 1 is 0.909 bits per heavy atom. The van der Waals surface area contributed by atoms with Crippen molar-refractivity contribution < 1.29 is 19.1 Å². The van der Waals surface area contributed by atoms with Crippen molar-refractivity contribution in [3.63, 3.8) is 0 Å². The Hall–Kier alpha value is -2.66. The van der Waals surface area contributed by atoms with Crippen LogP contribution in [0, 0.1) is 0 Å². The molecule has 0 bridgehead atoms. The monoisotopic (exact) mass is 455 g/mol. The van der Waals surface area contributed by atoms with Crippen LogP contribution in [-0.2, 0) is 14.3 Å². The molecule has 0 spiro atoms. The van der Waals surface area contributed by atoms with Gasteiger partial charge in [-0.3, -0.25) is 4.79 Å². The molecule has 33 heavy (non-hydrogen) atoms. The molecular formula is C28H41NO4. The highest BCUT2D eigenvalue weighted by Gasteiger charge is 2.14. The smallest absolute Gasteiger partial charge is 0.338 e. The quantitative estimate of drug-likeness (QED) is 0.122. The summed E-state index contributed by atoms with van der Waals surface area (Å²) in [6.07, 6.45) is 22.8. The molecular weight excluding hydrogens is 414 g/mol. The molecule has 1 atom stereocenters. The van der Waals surface area contributed by atoms with Gasteiger partial charge in [-0.05, 0) is 63.3 Å². The number of carbonyl (C=O) groups is 2. The van der Waals surface area contributed by atoms with E-state index in [-0.39, 0.29) is 11.9 Å². The number of ether oxygens (including phenoxy) is 2. The van der Waals surface area contributed by atoms with Crippen LogP contribution in [0.2, 0.25) is 0 Å². The minimum Gasteiger partial charge on any atom is -0.469 e. The first-order valence-electron chi connectivity index (χ1n) is 12.2. The summed E-state index contributed by atoms with van der Waals surface area (Å²) in [5, 5.41) is 0. The van der Waals surface area contributed by atoms with E-state index >= 15 is 0 Å². The van der Waals surface area contributed by atoms with Crippen molar-refractivity contribution in [3.8, 4) is 0 Å². The van der Waals surface area contributed by atoms with E-state index in [0.717, 1.165) is 25.8 Å². The van der Waals surface area contributed by atoms with Crippen LogP contribution >= 0.6 is 0 Å². The van der Waals surface area contributed by atoms with Gasteiger partial charge in [0.05, 0.1) is 12.7 Å². The van der Waals surface area contributed by atoms with E-state index in [9.17, 15) is 9.59 Å². The number of allylic oxidation sites excluding steroid dienone is 5. The number of esters is 2. The van der Waals surface area contributed by atoms with Gasteiger partial charge in [0.1, 0.15) is 6.10 Å². The molecule has 0 amide bonds. The van der Waals surface area contributed by atoms with Crippen molar-refractivity contribution in [2.45, 2.75) is 76.7 Å². The Morgan fingerprint density at radius 3 is 2.36 bits per heavy atom. The maximum absolute atomic E-state index is 12.4. The zero-order valence-corrected chi connectivity index (χ0v) is 20.1. The minimum atomic E-state index is -0.396. The number of hydrogen-bond acceptors (Lipinski definition) is 5. The summed E-state index contributed by atoms with van der Waals surface area (Å²) in [6.45, 7) is 0.806. The molecule has 182 valence electrons. The third-order valence-corrected chi connectivity index (χ3v) is 5.20. The van der Waals surface area contributed by atoms with Crippen molar-refractivity contribution in [1.29, 1.82) is 0 Å². The van der Waals surface area contributed by atoms with Crippen LogP contribution in [0.25, 0.3) is 0 Å². The molecule has 0 saturated heterocycles. The van der Waals surface area contributed by atoms with Crippen LogP contribution in [-0.4, -0.2) is 31.7 Å². The second kappa shape index (κ2) is 20.0. The molecule has 0 unspecified atom stereocenters. The zero-order valence-electron chi connectivity index (χ0n) is 20.1. The molecule has 0 aliphatic carbocycles. The first-order chi connectivity index (χ1) is 16.2. The topological polar surface area (TPSA) is 78.6 Å². The molecule has 0 saturated carbocycles. The number of methoxy groups -OCH3 is 1. The second-order valence-electron chi connectivity index (χ2n) is 8.00. The minimum absolute atomic E-state index is 0.259. The predicted molar refractivity (Wildman–Crippen MR) is 135 cm³/mol. The summed E-state index contributed by atoms with van der Waals surface area (Å²) in [6, 6.07) is 8.92. The summed E-state index contributed by atoms with van der Waals surface area (Å²) < 4.78 is 10.3. The summed E-state index contributed by atoms with van der Waals surface area (Å²) in [5.41, 5.74) is 6.02. The van der Waals surface area contributed by atoms with Crippen LogP contribution in [0.1, 0.15) is 81.0 Å².